The van der Waals surface area contributed by atoms with Gasteiger partial charge in [-0.15, -0.1) is 35.3 Å². The summed E-state index contributed by atoms with van der Waals surface area (Å²) < 4.78 is 19.4. The van der Waals surface area contributed by atoms with E-state index in [-0.39, 0.29) is 14.9 Å². The van der Waals surface area contributed by atoms with Crippen molar-refractivity contribution in [1.82, 2.24) is 15.1 Å². The molecule has 0 spiro atoms. The first-order valence-corrected chi connectivity index (χ1v) is 20.5. The van der Waals surface area contributed by atoms with Gasteiger partial charge in [0.05, 0.1) is 27.9 Å². The molecular formula is C41H68N4O7S3. The SMILES string of the molecule is C.C.CCN(CC)CC.CCOC=O.COc1ccc(SCCN)cc1.COc1ccc(SCCNC=O)cc1.COc1ccc2c(c1)CN(C=O)CCS2. The van der Waals surface area contributed by atoms with Crippen molar-refractivity contribution in [3.8, 4) is 17.2 Å². The summed E-state index contributed by atoms with van der Waals surface area (Å²) >= 11 is 5.25. The normalized spacial score (nSPS) is 10.7. The number of ether oxygens (including phenoxy) is 4. The summed E-state index contributed by atoms with van der Waals surface area (Å²) in [6.07, 6.45) is 1.63. The van der Waals surface area contributed by atoms with Crippen LogP contribution < -0.4 is 25.3 Å². The number of carbonyl (C=O) groups excluding carboxylic acids is 3. The molecule has 0 atom stereocenters. The highest BCUT2D eigenvalue weighted by molar-refractivity contribution is 7.99. The smallest absolute Gasteiger partial charge is 0.293 e. The van der Waals surface area contributed by atoms with Crippen molar-refractivity contribution < 1.29 is 33.3 Å². The zero-order valence-corrected chi connectivity index (χ0v) is 34.9. The van der Waals surface area contributed by atoms with Crippen molar-refractivity contribution in [2.45, 2.75) is 63.8 Å². The predicted molar refractivity (Wildman–Crippen MR) is 235 cm³/mol. The molecule has 0 saturated carbocycles. The van der Waals surface area contributed by atoms with E-state index in [2.05, 4.69) is 41.8 Å². The number of benzene rings is 3. The first-order valence-electron chi connectivity index (χ1n) is 17.5. The Labute approximate surface area is 345 Å². The zero-order valence-electron chi connectivity index (χ0n) is 32.4. The second-order valence-electron chi connectivity index (χ2n) is 10.5. The molecular weight excluding hydrogens is 757 g/mol. The number of methoxy groups -OCH3 is 3. The van der Waals surface area contributed by atoms with Gasteiger partial charge in [0.15, 0.2) is 0 Å². The van der Waals surface area contributed by atoms with Crippen molar-refractivity contribution in [2.75, 3.05) is 84.5 Å². The van der Waals surface area contributed by atoms with Gasteiger partial charge in [-0.3, -0.25) is 14.4 Å². The molecule has 55 heavy (non-hydrogen) atoms. The molecule has 3 N–H and O–H groups in total. The fraction of sp³-hybridized carbons (Fsp3) is 0.488. The van der Waals surface area contributed by atoms with Crippen molar-refractivity contribution in [2.24, 2.45) is 5.73 Å². The van der Waals surface area contributed by atoms with Gasteiger partial charge in [0.2, 0.25) is 12.8 Å². The van der Waals surface area contributed by atoms with Crippen LogP contribution in [0.15, 0.2) is 81.4 Å². The van der Waals surface area contributed by atoms with Crippen LogP contribution in [0, 0.1) is 0 Å². The Morgan fingerprint density at radius 2 is 1.29 bits per heavy atom. The standard InChI is InChI=1S/C11H13NO2S.C10H13NO2S.C9H13NOS.C6H15N.C3H6O2.2CH4/c1-14-10-2-3-11-9(6-10)7-12(8-13)4-5-15-11;1-13-9-2-4-10(5-3-9)14-7-6-11-8-12;1-11-8-2-4-9(5-3-8)12-7-6-10;1-4-7(5-2)6-3;1-2-5-3-4;;/h2-3,6,8H,4-5,7H2,1H3;2-5,8H,6-7H2,1H3,(H,11,12);2-5H,6-7,10H2,1H3;4-6H2,1-3H3;3H,2H2,1H3;2*1H4. The molecule has 0 aromatic heterocycles. The first-order chi connectivity index (χ1) is 25.8. The summed E-state index contributed by atoms with van der Waals surface area (Å²) in [5.41, 5.74) is 6.56. The lowest BCUT2D eigenvalue weighted by molar-refractivity contribution is -0.128. The Bertz CT molecular complexity index is 1330. The van der Waals surface area contributed by atoms with Gasteiger partial charge in [-0.05, 0) is 98.9 Å². The monoisotopic (exact) mass is 824 g/mol. The maximum Gasteiger partial charge on any atom is 0.293 e. The van der Waals surface area contributed by atoms with Crippen LogP contribution in [0.1, 0.15) is 48.1 Å². The van der Waals surface area contributed by atoms with Crippen LogP contribution in [0.2, 0.25) is 0 Å². The molecule has 0 aliphatic carbocycles. The van der Waals surface area contributed by atoms with Gasteiger partial charge in [0, 0.05) is 58.1 Å². The number of hydrogen-bond donors (Lipinski definition) is 2. The average Bonchev–Trinajstić information content (AvgIpc) is 3.43. The average molecular weight is 825 g/mol. The lowest BCUT2D eigenvalue weighted by Gasteiger charge is -2.14. The van der Waals surface area contributed by atoms with E-state index in [1.807, 2.05) is 60.7 Å². The Balaban J connectivity index is -0.000000637. The quantitative estimate of drug-likeness (QED) is 0.0781. The number of amides is 2. The molecule has 1 aliphatic heterocycles. The highest BCUT2D eigenvalue weighted by Crippen LogP contribution is 2.30. The predicted octanol–water partition coefficient (Wildman–Crippen LogP) is 7.84. The summed E-state index contributed by atoms with van der Waals surface area (Å²) in [7, 11) is 4.97. The summed E-state index contributed by atoms with van der Waals surface area (Å²) in [5, 5.41) is 2.61. The van der Waals surface area contributed by atoms with Crippen LogP contribution in [-0.2, 0) is 25.7 Å². The van der Waals surface area contributed by atoms with E-state index in [9.17, 15) is 14.4 Å². The lowest BCUT2D eigenvalue weighted by Crippen LogP contribution is -2.22. The van der Waals surface area contributed by atoms with Crippen molar-refractivity contribution >= 4 is 54.6 Å². The fourth-order valence-corrected chi connectivity index (χ4v) is 6.64. The van der Waals surface area contributed by atoms with E-state index in [0.717, 1.165) is 54.0 Å². The van der Waals surface area contributed by atoms with Crippen LogP contribution in [0.4, 0.5) is 0 Å². The van der Waals surface area contributed by atoms with Crippen LogP contribution in [0.5, 0.6) is 17.2 Å². The Hall–Kier alpha value is -3.56. The second kappa shape index (κ2) is 38.7. The lowest BCUT2D eigenvalue weighted by atomic mass is 10.2. The number of rotatable bonds is 17. The largest absolute Gasteiger partial charge is 0.497 e. The van der Waals surface area contributed by atoms with Gasteiger partial charge >= 0.3 is 0 Å². The minimum atomic E-state index is 0. The van der Waals surface area contributed by atoms with E-state index in [0.29, 0.717) is 32.6 Å². The zero-order chi connectivity index (χ0) is 39.5. The summed E-state index contributed by atoms with van der Waals surface area (Å²) in [6.45, 7) is 15.7. The van der Waals surface area contributed by atoms with Crippen LogP contribution in [0.3, 0.4) is 0 Å². The van der Waals surface area contributed by atoms with Gasteiger partial charge in [-0.1, -0.05) is 35.6 Å². The van der Waals surface area contributed by atoms with E-state index < -0.39 is 0 Å². The third kappa shape index (κ3) is 27.6. The summed E-state index contributed by atoms with van der Waals surface area (Å²) in [4.78, 5) is 37.7. The molecule has 0 bridgehead atoms. The van der Waals surface area contributed by atoms with Gasteiger partial charge in [0.1, 0.15) is 17.2 Å². The molecule has 11 nitrogen and oxygen atoms in total. The highest BCUT2D eigenvalue weighted by atomic mass is 32.2. The molecule has 4 rings (SSSR count). The number of fused-ring (bicyclic) bond motifs is 1. The van der Waals surface area contributed by atoms with E-state index >= 15 is 0 Å². The summed E-state index contributed by atoms with van der Waals surface area (Å²) in [5.74, 6) is 5.41. The molecule has 1 heterocycles. The van der Waals surface area contributed by atoms with Gasteiger partial charge in [-0.25, -0.2) is 0 Å². The van der Waals surface area contributed by atoms with E-state index in [1.165, 1.54) is 39.9 Å². The Kier molecular flexibility index (Phi) is 39.2. The van der Waals surface area contributed by atoms with Gasteiger partial charge in [0.25, 0.3) is 6.47 Å². The van der Waals surface area contributed by atoms with Crippen molar-refractivity contribution in [3.05, 3.63) is 72.3 Å². The molecule has 3 aromatic rings. The highest BCUT2D eigenvalue weighted by Gasteiger charge is 2.13. The molecule has 0 unspecified atom stereocenters. The first kappa shape index (κ1) is 55.8. The van der Waals surface area contributed by atoms with Crippen LogP contribution in [0.25, 0.3) is 0 Å². The Morgan fingerprint density at radius 1 is 0.782 bits per heavy atom. The minimum Gasteiger partial charge on any atom is -0.497 e. The Morgan fingerprint density at radius 3 is 1.67 bits per heavy atom. The molecule has 3 aromatic carbocycles. The molecule has 0 fully saturated rings. The van der Waals surface area contributed by atoms with Crippen LogP contribution in [-0.4, -0.2) is 114 Å². The fourth-order valence-electron chi connectivity index (χ4n) is 4.15. The van der Waals surface area contributed by atoms with Gasteiger partial charge < -0.3 is 39.8 Å². The molecule has 312 valence electrons. The topological polar surface area (TPSA) is 133 Å². The second-order valence-corrected chi connectivity index (χ2v) is 14.0. The van der Waals surface area contributed by atoms with Gasteiger partial charge in [-0.2, -0.15) is 0 Å². The number of nitrogens with zero attached hydrogens (tertiary/aromatic N) is 2. The minimum absolute atomic E-state index is 0. The maximum absolute atomic E-state index is 10.8. The van der Waals surface area contributed by atoms with Crippen molar-refractivity contribution in [1.29, 1.82) is 0 Å². The van der Waals surface area contributed by atoms with Crippen LogP contribution >= 0.6 is 35.3 Å². The maximum atomic E-state index is 10.8. The number of nitrogens with one attached hydrogen (secondary N) is 1. The third-order valence-corrected chi connectivity index (χ3v) is 10.3. The summed E-state index contributed by atoms with van der Waals surface area (Å²) in [6, 6.07) is 21.9. The number of hydrogen-bond acceptors (Lipinski definition) is 12. The van der Waals surface area contributed by atoms with E-state index in [4.69, 9.17) is 19.9 Å². The van der Waals surface area contributed by atoms with Crippen molar-refractivity contribution in [3.63, 3.8) is 0 Å². The number of carbonyl (C=O) groups is 3. The molecule has 2 amide bonds. The molecule has 1 aliphatic rings. The number of nitrogens with two attached hydrogens (primary N) is 1. The third-order valence-electron chi connectivity index (χ3n) is 7.11. The molecule has 0 radical (unpaired) electrons. The molecule has 0 saturated heterocycles. The van der Waals surface area contributed by atoms with E-state index in [1.54, 1.807) is 68.4 Å². The molecule has 14 heteroatoms. The number of thioether (sulfide) groups is 3.